The number of carbonyl (C=O) groups is 1. The van der Waals surface area contributed by atoms with Gasteiger partial charge in [-0.05, 0) is 57.0 Å². The predicted molar refractivity (Wildman–Crippen MR) is 112 cm³/mol. The summed E-state index contributed by atoms with van der Waals surface area (Å²) in [5, 5.41) is 0. The van der Waals surface area contributed by atoms with E-state index in [1.807, 2.05) is 56.0 Å². The number of nitrogens with zero attached hydrogens (tertiary/aromatic N) is 2. The molecular formula is C23H30N2O3. The number of amides is 1. The summed E-state index contributed by atoms with van der Waals surface area (Å²) in [5.74, 6) is 0.859. The fourth-order valence-corrected chi connectivity index (χ4v) is 3.18. The van der Waals surface area contributed by atoms with Crippen molar-refractivity contribution in [2.24, 2.45) is 0 Å². The third kappa shape index (κ3) is 5.91. The third-order valence-corrected chi connectivity index (χ3v) is 4.60. The lowest BCUT2D eigenvalue weighted by Crippen LogP contribution is -2.39. The lowest BCUT2D eigenvalue weighted by molar-refractivity contribution is 0.0263. The molecule has 2 aromatic rings. The molecule has 1 fully saturated rings. The molecule has 150 valence electrons. The molecule has 2 aromatic carbocycles. The molecule has 0 N–H and O–H groups in total. The average molecular weight is 383 g/mol. The maximum atomic E-state index is 12.3. The first-order valence-corrected chi connectivity index (χ1v) is 9.90. The molecule has 1 aliphatic rings. The Morgan fingerprint density at radius 3 is 2.32 bits per heavy atom. The van der Waals surface area contributed by atoms with E-state index < -0.39 is 5.60 Å². The van der Waals surface area contributed by atoms with Crippen molar-refractivity contribution >= 4 is 11.8 Å². The molecule has 3 rings (SSSR count). The van der Waals surface area contributed by atoms with Gasteiger partial charge in [-0.1, -0.05) is 30.3 Å². The number of hydrogen-bond acceptors (Lipinski definition) is 4. The first kappa shape index (κ1) is 20.1. The quantitative estimate of drug-likeness (QED) is 0.768. The van der Waals surface area contributed by atoms with E-state index in [0.717, 1.165) is 43.1 Å². The third-order valence-electron chi connectivity index (χ3n) is 4.60. The van der Waals surface area contributed by atoms with E-state index in [9.17, 15) is 4.79 Å². The van der Waals surface area contributed by atoms with Crippen molar-refractivity contribution in [3.05, 3.63) is 60.2 Å². The van der Waals surface area contributed by atoms with E-state index in [0.29, 0.717) is 13.2 Å². The maximum absolute atomic E-state index is 12.3. The van der Waals surface area contributed by atoms with Crippen LogP contribution in [0.2, 0.25) is 0 Å². The van der Waals surface area contributed by atoms with E-state index in [1.165, 1.54) is 0 Å². The Bertz CT molecular complexity index is 754. The van der Waals surface area contributed by atoms with Crippen LogP contribution in [0.4, 0.5) is 10.5 Å². The van der Waals surface area contributed by atoms with E-state index >= 15 is 0 Å². The number of rotatable bonds is 4. The molecular weight excluding hydrogens is 352 g/mol. The molecule has 0 bridgehead atoms. The van der Waals surface area contributed by atoms with Crippen LogP contribution >= 0.6 is 0 Å². The lowest BCUT2D eigenvalue weighted by Gasteiger charge is -2.27. The number of anilines is 1. The molecule has 1 amide bonds. The average Bonchev–Trinajstić information content (AvgIpc) is 2.93. The summed E-state index contributed by atoms with van der Waals surface area (Å²) in [7, 11) is 0. The first-order chi connectivity index (χ1) is 13.4. The highest BCUT2D eigenvalue weighted by Gasteiger charge is 2.24. The molecule has 1 aliphatic heterocycles. The highest BCUT2D eigenvalue weighted by Crippen LogP contribution is 2.22. The van der Waals surface area contributed by atoms with E-state index in [2.05, 4.69) is 29.2 Å². The minimum absolute atomic E-state index is 0.223. The number of carbonyl (C=O) groups excluding carboxylic acids is 1. The molecule has 5 nitrogen and oxygen atoms in total. The molecule has 1 heterocycles. The zero-order valence-corrected chi connectivity index (χ0v) is 17.1. The Balaban J connectivity index is 1.53. The van der Waals surface area contributed by atoms with Crippen LogP contribution in [-0.2, 0) is 11.3 Å². The summed E-state index contributed by atoms with van der Waals surface area (Å²) in [6.45, 7) is 9.37. The summed E-state index contributed by atoms with van der Waals surface area (Å²) in [5.41, 5.74) is 1.85. The Labute approximate surface area is 167 Å². The second-order valence-electron chi connectivity index (χ2n) is 8.08. The van der Waals surface area contributed by atoms with Crippen LogP contribution in [0, 0.1) is 0 Å². The van der Waals surface area contributed by atoms with Gasteiger partial charge in [-0.15, -0.1) is 0 Å². The summed E-state index contributed by atoms with van der Waals surface area (Å²) >= 11 is 0. The van der Waals surface area contributed by atoms with Crippen LogP contribution in [0.1, 0.15) is 32.8 Å². The normalized spacial score (nSPS) is 15.1. The number of hydrogen-bond donors (Lipinski definition) is 0. The minimum atomic E-state index is -0.460. The van der Waals surface area contributed by atoms with Gasteiger partial charge in [0.1, 0.15) is 18.0 Å². The smallest absolute Gasteiger partial charge is 0.410 e. The van der Waals surface area contributed by atoms with Crippen LogP contribution in [0.5, 0.6) is 5.75 Å². The largest absolute Gasteiger partial charge is 0.489 e. The van der Waals surface area contributed by atoms with Crippen LogP contribution in [0.15, 0.2) is 54.6 Å². The first-order valence-electron chi connectivity index (χ1n) is 9.90. The van der Waals surface area contributed by atoms with Gasteiger partial charge in [0.15, 0.2) is 0 Å². The molecule has 0 radical (unpaired) electrons. The van der Waals surface area contributed by atoms with Gasteiger partial charge in [-0.2, -0.15) is 0 Å². The molecule has 0 unspecified atom stereocenters. The van der Waals surface area contributed by atoms with Crippen molar-refractivity contribution in [1.29, 1.82) is 0 Å². The second kappa shape index (κ2) is 9.00. The Kier molecular flexibility index (Phi) is 6.45. The SMILES string of the molecule is CC(C)(C)OC(=O)N1CCCN(c2ccc(OCc3ccccc3)cc2)CC1. The van der Waals surface area contributed by atoms with Gasteiger partial charge in [-0.25, -0.2) is 4.79 Å². The Morgan fingerprint density at radius 2 is 1.64 bits per heavy atom. The van der Waals surface area contributed by atoms with Gasteiger partial charge < -0.3 is 19.3 Å². The van der Waals surface area contributed by atoms with Gasteiger partial charge >= 0.3 is 6.09 Å². The van der Waals surface area contributed by atoms with Crippen molar-refractivity contribution in [3.8, 4) is 5.75 Å². The van der Waals surface area contributed by atoms with Crippen molar-refractivity contribution in [1.82, 2.24) is 4.90 Å². The fraction of sp³-hybridized carbons (Fsp3) is 0.435. The lowest BCUT2D eigenvalue weighted by atomic mass is 10.2. The molecule has 28 heavy (non-hydrogen) atoms. The van der Waals surface area contributed by atoms with Crippen molar-refractivity contribution in [3.63, 3.8) is 0 Å². The summed E-state index contributed by atoms with van der Waals surface area (Å²) in [6.07, 6.45) is 0.699. The zero-order valence-electron chi connectivity index (χ0n) is 17.1. The fourth-order valence-electron chi connectivity index (χ4n) is 3.18. The van der Waals surface area contributed by atoms with Crippen LogP contribution in [-0.4, -0.2) is 42.8 Å². The van der Waals surface area contributed by atoms with E-state index in [1.54, 1.807) is 0 Å². The molecule has 0 saturated carbocycles. The molecule has 0 atom stereocenters. The Hall–Kier alpha value is -2.69. The highest BCUT2D eigenvalue weighted by molar-refractivity contribution is 5.68. The predicted octanol–water partition coefficient (Wildman–Crippen LogP) is 4.71. The summed E-state index contributed by atoms with van der Waals surface area (Å²) in [4.78, 5) is 16.4. The minimum Gasteiger partial charge on any atom is -0.489 e. The Morgan fingerprint density at radius 1 is 0.929 bits per heavy atom. The number of ether oxygens (including phenoxy) is 2. The maximum Gasteiger partial charge on any atom is 0.410 e. The van der Waals surface area contributed by atoms with Crippen LogP contribution < -0.4 is 9.64 Å². The molecule has 0 spiro atoms. The van der Waals surface area contributed by atoms with Gasteiger partial charge in [0.2, 0.25) is 0 Å². The highest BCUT2D eigenvalue weighted by atomic mass is 16.6. The molecule has 0 aromatic heterocycles. The topological polar surface area (TPSA) is 42.0 Å². The van der Waals surface area contributed by atoms with Crippen molar-refractivity contribution in [2.45, 2.75) is 39.4 Å². The number of benzene rings is 2. The zero-order chi connectivity index (χ0) is 20.0. The monoisotopic (exact) mass is 382 g/mol. The van der Waals surface area contributed by atoms with Crippen molar-refractivity contribution in [2.75, 3.05) is 31.1 Å². The molecule has 5 heteroatoms. The van der Waals surface area contributed by atoms with Crippen LogP contribution in [0.3, 0.4) is 0 Å². The standard InChI is InChI=1S/C23H30N2O3/c1-23(2,3)28-22(26)25-15-7-14-24(16-17-25)20-10-12-21(13-11-20)27-18-19-8-5-4-6-9-19/h4-6,8-13H,7,14-18H2,1-3H3. The molecule has 1 saturated heterocycles. The van der Waals surface area contributed by atoms with E-state index in [-0.39, 0.29) is 6.09 Å². The molecule has 0 aliphatic carbocycles. The summed E-state index contributed by atoms with van der Waals surface area (Å²) in [6, 6.07) is 18.3. The van der Waals surface area contributed by atoms with Gasteiger partial charge in [0.05, 0.1) is 0 Å². The van der Waals surface area contributed by atoms with Crippen molar-refractivity contribution < 1.29 is 14.3 Å². The van der Waals surface area contributed by atoms with Gasteiger partial charge in [-0.3, -0.25) is 0 Å². The summed E-state index contributed by atoms with van der Waals surface area (Å²) < 4.78 is 11.4. The second-order valence-corrected chi connectivity index (χ2v) is 8.08. The van der Waals surface area contributed by atoms with E-state index in [4.69, 9.17) is 9.47 Å². The van der Waals surface area contributed by atoms with Gasteiger partial charge in [0, 0.05) is 31.9 Å². The van der Waals surface area contributed by atoms with Crippen LogP contribution in [0.25, 0.3) is 0 Å². The van der Waals surface area contributed by atoms with Gasteiger partial charge in [0.25, 0.3) is 0 Å².